The third-order valence-electron chi connectivity index (χ3n) is 3.93. The maximum absolute atomic E-state index is 11.2. The van der Waals surface area contributed by atoms with Gasteiger partial charge in [-0.3, -0.25) is 4.79 Å². The standard InChI is InChI=1S/C17H16O2/c1-2-14(17(18)19)12-7-8-16-13(10-12)9-11-5-3-4-6-15(11)16/h3-8,10,14H,2,9H2,1H3,(H,18,19). The van der Waals surface area contributed by atoms with Crippen molar-refractivity contribution >= 4 is 5.97 Å². The van der Waals surface area contributed by atoms with E-state index in [1.165, 1.54) is 22.3 Å². The Labute approximate surface area is 112 Å². The van der Waals surface area contributed by atoms with Gasteiger partial charge in [-0.25, -0.2) is 0 Å². The van der Waals surface area contributed by atoms with Crippen LogP contribution in [-0.4, -0.2) is 11.1 Å². The van der Waals surface area contributed by atoms with Crippen molar-refractivity contribution in [1.82, 2.24) is 0 Å². The van der Waals surface area contributed by atoms with E-state index in [0.29, 0.717) is 6.42 Å². The van der Waals surface area contributed by atoms with E-state index in [2.05, 4.69) is 30.3 Å². The third-order valence-corrected chi connectivity index (χ3v) is 3.93. The van der Waals surface area contributed by atoms with Crippen LogP contribution in [0.25, 0.3) is 11.1 Å². The van der Waals surface area contributed by atoms with Crippen LogP contribution in [0.4, 0.5) is 0 Å². The van der Waals surface area contributed by atoms with Gasteiger partial charge in [0.1, 0.15) is 0 Å². The van der Waals surface area contributed by atoms with Gasteiger partial charge in [-0.1, -0.05) is 49.4 Å². The molecule has 0 amide bonds. The maximum Gasteiger partial charge on any atom is 0.310 e. The van der Waals surface area contributed by atoms with Crippen LogP contribution in [0.2, 0.25) is 0 Å². The summed E-state index contributed by atoms with van der Waals surface area (Å²) in [5, 5.41) is 9.25. The summed E-state index contributed by atoms with van der Waals surface area (Å²) in [5.74, 6) is -1.13. The lowest BCUT2D eigenvalue weighted by Gasteiger charge is -2.11. The van der Waals surface area contributed by atoms with Crippen LogP contribution in [0.3, 0.4) is 0 Å². The van der Waals surface area contributed by atoms with E-state index in [1.807, 2.05) is 19.1 Å². The Kier molecular flexibility index (Phi) is 2.86. The minimum Gasteiger partial charge on any atom is -0.481 e. The Morgan fingerprint density at radius 3 is 2.63 bits per heavy atom. The molecule has 1 atom stereocenters. The first-order valence-corrected chi connectivity index (χ1v) is 6.64. The van der Waals surface area contributed by atoms with E-state index in [0.717, 1.165) is 12.0 Å². The lowest BCUT2D eigenvalue weighted by atomic mass is 9.93. The van der Waals surface area contributed by atoms with Crippen LogP contribution < -0.4 is 0 Å². The van der Waals surface area contributed by atoms with Gasteiger partial charge >= 0.3 is 5.97 Å². The number of hydrogen-bond donors (Lipinski definition) is 1. The Morgan fingerprint density at radius 2 is 1.89 bits per heavy atom. The minimum atomic E-state index is -0.738. The SMILES string of the molecule is CCC(C(=O)O)c1ccc2c(c1)Cc1ccccc1-2. The van der Waals surface area contributed by atoms with Crippen LogP contribution in [-0.2, 0) is 11.2 Å². The third kappa shape index (κ3) is 1.93. The van der Waals surface area contributed by atoms with Gasteiger partial charge in [0.2, 0.25) is 0 Å². The molecule has 0 saturated heterocycles. The van der Waals surface area contributed by atoms with Gasteiger partial charge in [-0.2, -0.15) is 0 Å². The Morgan fingerprint density at radius 1 is 1.16 bits per heavy atom. The van der Waals surface area contributed by atoms with Crippen molar-refractivity contribution in [3.63, 3.8) is 0 Å². The van der Waals surface area contributed by atoms with Crippen molar-refractivity contribution in [1.29, 1.82) is 0 Å². The highest BCUT2D eigenvalue weighted by Crippen LogP contribution is 2.38. The van der Waals surface area contributed by atoms with Gasteiger partial charge in [-0.15, -0.1) is 0 Å². The summed E-state index contributed by atoms with van der Waals surface area (Å²) in [6.45, 7) is 1.92. The van der Waals surface area contributed by atoms with Crippen molar-refractivity contribution in [3.8, 4) is 11.1 Å². The first kappa shape index (κ1) is 12.0. The van der Waals surface area contributed by atoms with E-state index >= 15 is 0 Å². The molecule has 0 bridgehead atoms. The van der Waals surface area contributed by atoms with Crippen LogP contribution in [0.15, 0.2) is 42.5 Å². The number of carbonyl (C=O) groups is 1. The van der Waals surface area contributed by atoms with Crippen LogP contribution >= 0.6 is 0 Å². The van der Waals surface area contributed by atoms with Crippen molar-refractivity contribution in [2.75, 3.05) is 0 Å². The van der Waals surface area contributed by atoms with Crippen LogP contribution in [0.1, 0.15) is 36.0 Å². The topological polar surface area (TPSA) is 37.3 Å². The first-order valence-electron chi connectivity index (χ1n) is 6.64. The van der Waals surface area contributed by atoms with Gasteiger partial charge in [0.25, 0.3) is 0 Å². The molecule has 2 aromatic carbocycles. The van der Waals surface area contributed by atoms with E-state index in [1.54, 1.807) is 0 Å². The largest absolute Gasteiger partial charge is 0.481 e. The molecule has 0 aliphatic heterocycles. The molecular formula is C17H16O2. The number of carboxylic acids is 1. The van der Waals surface area contributed by atoms with Crippen LogP contribution in [0.5, 0.6) is 0 Å². The maximum atomic E-state index is 11.2. The van der Waals surface area contributed by atoms with E-state index in [4.69, 9.17) is 0 Å². The summed E-state index contributed by atoms with van der Waals surface area (Å²) < 4.78 is 0. The molecular weight excluding hydrogens is 236 g/mol. The van der Waals surface area contributed by atoms with E-state index in [-0.39, 0.29) is 0 Å². The molecule has 1 N–H and O–H groups in total. The fourth-order valence-electron chi connectivity index (χ4n) is 2.93. The number of carboxylic acid groups (broad SMARTS) is 1. The zero-order valence-corrected chi connectivity index (χ0v) is 10.9. The second-order valence-electron chi connectivity index (χ2n) is 5.05. The zero-order valence-electron chi connectivity index (χ0n) is 10.9. The van der Waals surface area contributed by atoms with Crippen molar-refractivity contribution in [2.24, 2.45) is 0 Å². The summed E-state index contributed by atoms with van der Waals surface area (Å²) in [5.41, 5.74) is 6.03. The molecule has 1 aliphatic carbocycles. The Bertz CT molecular complexity index is 643. The second kappa shape index (κ2) is 4.54. The molecule has 1 unspecified atom stereocenters. The fraction of sp³-hybridized carbons (Fsp3) is 0.235. The number of rotatable bonds is 3. The normalized spacial score (nSPS) is 13.7. The fourth-order valence-corrected chi connectivity index (χ4v) is 2.93. The number of hydrogen-bond acceptors (Lipinski definition) is 1. The molecule has 1 aliphatic rings. The molecule has 0 radical (unpaired) electrons. The molecule has 0 saturated carbocycles. The van der Waals surface area contributed by atoms with Gasteiger partial charge in [0.15, 0.2) is 0 Å². The molecule has 96 valence electrons. The highest BCUT2D eigenvalue weighted by atomic mass is 16.4. The predicted molar refractivity (Wildman–Crippen MR) is 75.4 cm³/mol. The monoisotopic (exact) mass is 252 g/mol. The number of fused-ring (bicyclic) bond motifs is 3. The molecule has 0 fully saturated rings. The summed E-state index contributed by atoms with van der Waals surface area (Å²) in [6, 6.07) is 14.5. The first-order chi connectivity index (χ1) is 9.20. The molecule has 0 spiro atoms. The average Bonchev–Trinajstić information content (AvgIpc) is 2.76. The van der Waals surface area contributed by atoms with Crippen molar-refractivity contribution < 1.29 is 9.90 Å². The molecule has 2 heteroatoms. The van der Waals surface area contributed by atoms with Crippen LogP contribution in [0, 0.1) is 0 Å². The predicted octanol–water partition coefficient (Wildman–Crippen LogP) is 3.84. The molecule has 19 heavy (non-hydrogen) atoms. The minimum absolute atomic E-state index is 0.394. The smallest absolute Gasteiger partial charge is 0.310 e. The quantitative estimate of drug-likeness (QED) is 0.769. The van der Waals surface area contributed by atoms with E-state index < -0.39 is 11.9 Å². The second-order valence-corrected chi connectivity index (χ2v) is 5.05. The Balaban J connectivity index is 2.04. The number of aliphatic carboxylic acids is 1. The summed E-state index contributed by atoms with van der Waals surface area (Å²) >= 11 is 0. The molecule has 0 heterocycles. The van der Waals surface area contributed by atoms with Gasteiger partial charge in [-0.05, 0) is 40.7 Å². The number of benzene rings is 2. The molecule has 2 nitrogen and oxygen atoms in total. The molecule has 0 aromatic heterocycles. The van der Waals surface area contributed by atoms with Gasteiger partial charge < -0.3 is 5.11 Å². The summed E-state index contributed by atoms with van der Waals surface area (Å²) in [6.07, 6.45) is 1.54. The average molecular weight is 252 g/mol. The lowest BCUT2D eigenvalue weighted by molar-refractivity contribution is -0.138. The van der Waals surface area contributed by atoms with E-state index in [9.17, 15) is 9.90 Å². The zero-order chi connectivity index (χ0) is 13.4. The summed E-state index contributed by atoms with van der Waals surface area (Å²) in [4.78, 5) is 11.2. The molecule has 3 rings (SSSR count). The highest BCUT2D eigenvalue weighted by Gasteiger charge is 2.22. The highest BCUT2D eigenvalue weighted by molar-refractivity contribution is 5.80. The van der Waals surface area contributed by atoms with Gasteiger partial charge in [0.05, 0.1) is 5.92 Å². The molecule has 2 aromatic rings. The van der Waals surface area contributed by atoms with Crippen molar-refractivity contribution in [3.05, 3.63) is 59.2 Å². The lowest BCUT2D eigenvalue weighted by Crippen LogP contribution is -2.10. The van der Waals surface area contributed by atoms with Gasteiger partial charge in [0, 0.05) is 0 Å². The summed E-state index contributed by atoms with van der Waals surface area (Å²) in [7, 11) is 0. The van der Waals surface area contributed by atoms with Crippen molar-refractivity contribution in [2.45, 2.75) is 25.7 Å². The Hall–Kier alpha value is -2.09.